The fraction of sp³-hybridized carbons (Fsp3) is 0.714. The first-order valence-electron chi connectivity index (χ1n) is 6.90. The molecule has 0 aromatic carbocycles. The molecule has 2 aliphatic rings. The Bertz CT molecular complexity index is 487. The van der Waals surface area contributed by atoms with Crippen LogP contribution in [0.15, 0.2) is 10.9 Å². The first-order chi connectivity index (χ1) is 8.72. The minimum atomic E-state index is -0.0367. The molecule has 2 aliphatic carbocycles. The zero-order valence-corrected chi connectivity index (χ0v) is 10.9. The van der Waals surface area contributed by atoms with Gasteiger partial charge in [0.15, 0.2) is 0 Å². The van der Waals surface area contributed by atoms with E-state index in [1.54, 1.807) is 6.07 Å². The Morgan fingerprint density at radius 2 is 2.28 bits per heavy atom. The molecule has 1 aromatic rings. The van der Waals surface area contributed by atoms with Crippen molar-refractivity contribution in [3.8, 4) is 0 Å². The van der Waals surface area contributed by atoms with Crippen molar-refractivity contribution in [2.45, 2.75) is 44.4 Å². The summed E-state index contributed by atoms with van der Waals surface area (Å²) in [6.07, 6.45) is 5.58. The number of hydrogen-bond donors (Lipinski definition) is 1. The van der Waals surface area contributed by atoms with Crippen molar-refractivity contribution in [3.05, 3.63) is 27.9 Å². The number of aromatic amines is 1. The van der Waals surface area contributed by atoms with E-state index in [-0.39, 0.29) is 11.0 Å². The van der Waals surface area contributed by atoms with E-state index in [1.807, 2.05) is 6.92 Å². The SMILES string of the molecule is CCc1cc(=O)[nH]c(C2(COCC3CC3)CC2)n1. The molecular weight excluding hydrogens is 228 g/mol. The van der Waals surface area contributed by atoms with Crippen LogP contribution in [0.25, 0.3) is 0 Å². The molecule has 0 radical (unpaired) electrons. The van der Waals surface area contributed by atoms with Crippen molar-refractivity contribution in [2.75, 3.05) is 13.2 Å². The Labute approximate surface area is 107 Å². The molecule has 0 atom stereocenters. The maximum Gasteiger partial charge on any atom is 0.251 e. The quantitative estimate of drug-likeness (QED) is 0.835. The summed E-state index contributed by atoms with van der Waals surface area (Å²) in [5.41, 5.74) is 0.840. The molecule has 0 aliphatic heterocycles. The number of rotatable bonds is 6. The van der Waals surface area contributed by atoms with Gasteiger partial charge >= 0.3 is 0 Å². The highest BCUT2D eigenvalue weighted by molar-refractivity contribution is 5.20. The van der Waals surface area contributed by atoms with Gasteiger partial charge in [0, 0.05) is 18.4 Å². The van der Waals surface area contributed by atoms with Gasteiger partial charge in [0.05, 0.1) is 12.0 Å². The number of nitrogens with one attached hydrogen (secondary N) is 1. The van der Waals surface area contributed by atoms with Gasteiger partial charge in [0.1, 0.15) is 5.82 Å². The van der Waals surface area contributed by atoms with Crippen LogP contribution < -0.4 is 5.56 Å². The molecule has 0 amide bonds. The van der Waals surface area contributed by atoms with Crippen LogP contribution in [0.5, 0.6) is 0 Å². The first kappa shape index (κ1) is 11.9. The van der Waals surface area contributed by atoms with E-state index in [1.165, 1.54) is 12.8 Å². The lowest BCUT2D eigenvalue weighted by Gasteiger charge is -2.15. The number of aromatic nitrogens is 2. The molecule has 2 fully saturated rings. The third kappa shape index (κ3) is 2.48. The topological polar surface area (TPSA) is 55.0 Å². The summed E-state index contributed by atoms with van der Waals surface area (Å²) in [6, 6.07) is 1.59. The average Bonchev–Trinajstić information content (AvgIpc) is 3.23. The zero-order valence-electron chi connectivity index (χ0n) is 10.9. The third-order valence-electron chi connectivity index (χ3n) is 3.94. The molecule has 2 saturated carbocycles. The Morgan fingerprint density at radius 3 is 2.89 bits per heavy atom. The summed E-state index contributed by atoms with van der Waals surface area (Å²) in [4.78, 5) is 19.1. The average molecular weight is 248 g/mol. The van der Waals surface area contributed by atoms with E-state index in [9.17, 15) is 4.79 Å². The van der Waals surface area contributed by atoms with Crippen molar-refractivity contribution in [1.82, 2.24) is 9.97 Å². The normalized spacial score (nSPS) is 20.9. The zero-order chi connectivity index (χ0) is 12.6. The summed E-state index contributed by atoms with van der Waals surface area (Å²) < 4.78 is 5.79. The van der Waals surface area contributed by atoms with Crippen molar-refractivity contribution >= 4 is 0 Å². The highest BCUT2D eigenvalue weighted by Gasteiger charge is 2.47. The van der Waals surface area contributed by atoms with Gasteiger partial charge in [-0.3, -0.25) is 4.79 Å². The molecular formula is C14H20N2O2. The number of ether oxygens (including phenoxy) is 1. The highest BCUT2D eigenvalue weighted by atomic mass is 16.5. The number of nitrogens with zero attached hydrogens (tertiary/aromatic N) is 1. The second-order valence-corrected chi connectivity index (χ2v) is 5.68. The second kappa shape index (κ2) is 4.50. The Kier molecular flexibility index (Phi) is 2.98. The van der Waals surface area contributed by atoms with Crippen LogP contribution in [0.2, 0.25) is 0 Å². The lowest BCUT2D eigenvalue weighted by atomic mass is 10.1. The van der Waals surface area contributed by atoms with E-state index in [2.05, 4.69) is 9.97 Å². The molecule has 98 valence electrons. The highest BCUT2D eigenvalue weighted by Crippen LogP contribution is 2.46. The van der Waals surface area contributed by atoms with Crippen molar-refractivity contribution in [3.63, 3.8) is 0 Å². The maximum atomic E-state index is 11.6. The van der Waals surface area contributed by atoms with E-state index in [0.29, 0.717) is 6.61 Å². The van der Waals surface area contributed by atoms with Crippen molar-refractivity contribution in [1.29, 1.82) is 0 Å². The molecule has 4 heteroatoms. The molecule has 1 N–H and O–H groups in total. The monoisotopic (exact) mass is 248 g/mol. The summed E-state index contributed by atoms with van der Waals surface area (Å²) in [5.74, 6) is 1.62. The third-order valence-corrected chi connectivity index (χ3v) is 3.94. The molecule has 0 saturated heterocycles. The van der Waals surface area contributed by atoms with Crippen LogP contribution in [-0.4, -0.2) is 23.2 Å². The molecule has 18 heavy (non-hydrogen) atoms. The van der Waals surface area contributed by atoms with Gasteiger partial charge in [-0.25, -0.2) is 4.98 Å². The van der Waals surface area contributed by atoms with E-state index in [0.717, 1.165) is 43.3 Å². The van der Waals surface area contributed by atoms with Gasteiger partial charge in [0.25, 0.3) is 5.56 Å². The molecule has 4 nitrogen and oxygen atoms in total. The summed E-state index contributed by atoms with van der Waals surface area (Å²) in [7, 11) is 0. The molecule has 0 unspecified atom stereocenters. The largest absolute Gasteiger partial charge is 0.380 e. The van der Waals surface area contributed by atoms with Crippen molar-refractivity contribution < 1.29 is 4.74 Å². The molecule has 0 bridgehead atoms. The minimum absolute atomic E-state index is 0.000764. The number of hydrogen-bond acceptors (Lipinski definition) is 3. The predicted molar refractivity (Wildman–Crippen MR) is 68.7 cm³/mol. The Morgan fingerprint density at radius 1 is 1.50 bits per heavy atom. The summed E-state index contributed by atoms with van der Waals surface area (Å²) in [6.45, 7) is 3.60. The first-order valence-corrected chi connectivity index (χ1v) is 6.90. The van der Waals surface area contributed by atoms with Crippen LogP contribution >= 0.6 is 0 Å². The molecule has 1 heterocycles. The van der Waals surface area contributed by atoms with Crippen molar-refractivity contribution in [2.24, 2.45) is 5.92 Å². The second-order valence-electron chi connectivity index (χ2n) is 5.68. The van der Waals surface area contributed by atoms with Gasteiger partial charge in [-0.15, -0.1) is 0 Å². The maximum absolute atomic E-state index is 11.6. The number of aryl methyl sites for hydroxylation is 1. The van der Waals surface area contributed by atoms with Crippen LogP contribution in [0.1, 0.15) is 44.1 Å². The summed E-state index contributed by atoms with van der Waals surface area (Å²) >= 11 is 0. The molecule has 0 spiro atoms. The fourth-order valence-electron chi connectivity index (χ4n) is 2.25. The van der Waals surface area contributed by atoms with Crippen LogP contribution in [-0.2, 0) is 16.6 Å². The standard InChI is InChI=1S/C14H20N2O2/c1-2-11-7-12(17)16-13(15-11)14(5-6-14)9-18-8-10-3-4-10/h7,10H,2-6,8-9H2,1H3,(H,15,16,17). The lowest BCUT2D eigenvalue weighted by molar-refractivity contribution is 0.102. The van der Waals surface area contributed by atoms with Crippen LogP contribution in [0.3, 0.4) is 0 Å². The van der Waals surface area contributed by atoms with E-state index < -0.39 is 0 Å². The van der Waals surface area contributed by atoms with Crippen LogP contribution in [0, 0.1) is 5.92 Å². The molecule has 3 rings (SSSR count). The lowest BCUT2D eigenvalue weighted by Crippen LogP contribution is -2.24. The Hall–Kier alpha value is -1.16. The molecule has 1 aromatic heterocycles. The van der Waals surface area contributed by atoms with Gasteiger partial charge < -0.3 is 9.72 Å². The van der Waals surface area contributed by atoms with E-state index in [4.69, 9.17) is 4.74 Å². The predicted octanol–water partition coefficient (Wildman–Crippen LogP) is 1.79. The fourth-order valence-corrected chi connectivity index (χ4v) is 2.25. The van der Waals surface area contributed by atoms with Gasteiger partial charge in [0.2, 0.25) is 0 Å². The number of H-pyrrole nitrogens is 1. The van der Waals surface area contributed by atoms with Crippen LogP contribution in [0.4, 0.5) is 0 Å². The smallest absolute Gasteiger partial charge is 0.251 e. The van der Waals surface area contributed by atoms with Gasteiger partial charge in [-0.2, -0.15) is 0 Å². The van der Waals surface area contributed by atoms with Gasteiger partial charge in [-0.05, 0) is 38.0 Å². The van der Waals surface area contributed by atoms with E-state index >= 15 is 0 Å². The minimum Gasteiger partial charge on any atom is -0.380 e. The van der Waals surface area contributed by atoms with Gasteiger partial charge in [-0.1, -0.05) is 6.92 Å². The summed E-state index contributed by atoms with van der Waals surface area (Å²) in [5, 5.41) is 0. The Balaban J connectivity index is 1.71.